The van der Waals surface area contributed by atoms with Crippen LogP contribution in [-0.2, 0) is 0 Å². The second-order valence-corrected chi connectivity index (χ2v) is 9.99. The van der Waals surface area contributed by atoms with Gasteiger partial charge in [0.2, 0.25) is 0 Å². The first-order valence-electron chi connectivity index (χ1n) is 11.9. The van der Waals surface area contributed by atoms with Crippen molar-refractivity contribution in [2.75, 3.05) is 26.2 Å². The SMILES string of the molecule is OC1C[C@@H]2CN(CC(O)COc3ccc4cc(-c5cnn(C6CC6)c5)ccc4c3)C[C@@H]2C1. The average Bonchev–Trinajstić information content (AvgIpc) is 3.24. The van der Waals surface area contributed by atoms with Gasteiger partial charge in [0.25, 0.3) is 0 Å². The molecule has 2 heterocycles. The van der Waals surface area contributed by atoms with Gasteiger partial charge in [-0.05, 0) is 72.1 Å². The molecule has 32 heavy (non-hydrogen) atoms. The van der Waals surface area contributed by atoms with E-state index in [2.05, 4.69) is 45.1 Å². The fraction of sp³-hybridized carbons (Fsp3) is 0.500. The molecular weight excluding hydrogens is 402 g/mol. The van der Waals surface area contributed by atoms with Crippen LogP contribution >= 0.6 is 0 Å². The van der Waals surface area contributed by atoms with Gasteiger partial charge in [-0.3, -0.25) is 4.68 Å². The maximum absolute atomic E-state index is 10.5. The lowest BCUT2D eigenvalue weighted by Gasteiger charge is -2.21. The summed E-state index contributed by atoms with van der Waals surface area (Å²) in [6.07, 6.45) is 7.76. The van der Waals surface area contributed by atoms with Gasteiger partial charge in [0.15, 0.2) is 0 Å². The van der Waals surface area contributed by atoms with E-state index in [0.717, 1.165) is 42.6 Å². The number of aromatic nitrogens is 2. The van der Waals surface area contributed by atoms with Crippen LogP contribution in [0.3, 0.4) is 0 Å². The predicted molar refractivity (Wildman–Crippen MR) is 124 cm³/mol. The lowest BCUT2D eigenvalue weighted by atomic mass is 10.0. The van der Waals surface area contributed by atoms with Gasteiger partial charge in [-0.25, -0.2) is 0 Å². The maximum atomic E-state index is 10.5. The highest BCUT2D eigenvalue weighted by atomic mass is 16.5. The molecule has 2 unspecified atom stereocenters. The van der Waals surface area contributed by atoms with Crippen LogP contribution in [0.2, 0.25) is 0 Å². The van der Waals surface area contributed by atoms with Crippen molar-refractivity contribution in [3.63, 3.8) is 0 Å². The minimum Gasteiger partial charge on any atom is -0.491 e. The fourth-order valence-corrected chi connectivity index (χ4v) is 5.58. The van der Waals surface area contributed by atoms with Crippen molar-refractivity contribution >= 4 is 10.8 Å². The Hall–Kier alpha value is -2.41. The molecule has 1 aromatic heterocycles. The zero-order chi connectivity index (χ0) is 21.7. The Morgan fingerprint density at radius 1 is 1.00 bits per heavy atom. The molecule has 4 atom stereocenters. The third kappa shape index (κ3) is 4.15. The molecule has 2 saturated carbocycles. The predicted octanol–water partition coefficient (Wildman–Crippen LogP) is 3.48. The van der Waals surface area contributed by atoms with E-state index in [-0.39, 0.29) is 6.10 Å². The van der Waals surface area contributed by atoms with Gasteiger partial charge in [-0.15, -0.1) is 0 Å². The number of likely N-dealkylation sites (tertiary alicyclic amines) is 1. The third-order valence-electron chi connectivity index (χ3n) is 7.38. The van der Waals surface area contributed by atoms with Crippen LogP contribution in [0.4, 0.5) is 0 Å². The van der Waals surface area contributed by atoms with E-state index in [1.807, 2.05) is 18.3 Å². The highest BCUT2D eigenvalue weighted by molar-refractivity contribution is 5.88. The smallest absolute Gasteiger partial charge is 0.120 e. The normalized spacial score (nSPS) is 26.5. The zero-order valence-corrected chi connectivity index (χ0v) is 18.3. The van der Waals surface area contributed by atoms with Gasteiger partial charge in [0, 0.05) is 31.4 Å². The number of fused-ring (bicyclic) bond motifs is 2. The quantitative estimate of drug-likeness (QED) is 0.597. The Labute approximate surface area is 188 Å². The molecule has 6 nitrogen and oxygen atoms in total. The molecule has 168 valence electrons. The second-order valence-electron chi connectivity index (χ2n) is 9.99. The van der Waals surface area contributed by atoms with E-state index in [9.17, 15) is 10.2 Å². The highest BCUT2D eigenvalue weighted by Crippen LogP contribution is 2.38. The molecule has 0 amide bonds. The topological polar surface area (TPSA) is 70.8 Å². The van der Waals surface area contributed by atoms with Crippen LogP contribution in [0.15, 0.2) is 48.8 Å². The molecule has 3 aromatic rings. The van der Waals surface area contributed by atoms with E-state index in [0.29, 0.717) is 31.0 Å². The Balaban J connectivity index is 1.06. The number of hydrogen-bond donors (Lipinski definition) is 2. The third-order valence-corrected chi connectivity index (χ3v) is 7.38. The molecule has 1 saturated heterocycles. The first kappa shape index (κ1) is 20.2. The van der Waals surface area contributed by atoms with Crippen LogP contribution in [0.25, 0.3) is 21.9 Å². The number of benzene rings is 2. The van der Waals surface area contributed by atoms with E-state index < -0.39 is 6.10 Å². The molecule has 2 aromatic carbocycles. The monoisotopic (exact) mass is 433 g/mol. The molecule has 2 N–H and O–H groups in total. The minimum atomic E-state index is -0.514. The summed E-state index contributed by atoms with van der Waals surface area (Å²) >= 11 is 0. The summed E-state index contributed by atoms with van der Waals surface area (Å²) in [4.78, 5) is 2.32. The summed E-state index contributed by atoms with van der Waals surface area (Å²) in [5, 5.41) is 27.1. The summed E-state index contributed by atoms with van der Waals surface area (Å²) < 4.78 is 8.00. The van der Waals surface area contributed by atoms with E-state index in [1.165, 1.54) is 23.8 Å². The number of ether oxygens (including phenoxy) is 1. The fourth-order valence-electron chi connectivity index (χ4n) is 5.58. The van der Waals surface area contributed by atoms with Crippen molar-refractivity contribution in [3.8, 4) is 16.9 Å². The van der Waals surface area contributed by atoms with Crippen molar-refractivity contribution in [3.05, 3.63) is 48.8 Å². The molecule has 2 aliphatic carbocycles. The Bertz CT molecular complexity index is 1090. The number of β-amino-alcohol motifs (C(OH)–C–C–N with tert-alkyl or cyclic N) is 1. The maximum Gasteiger partial charge on any atom is 0.120 e. The Kier molecular flexibility index (Phi) is 5.17. The van der Waals surface area contributed by atoms with Crippen LogP contribution in [0.1, 0.15) is 31.7 Å². The molecule has 3 fully saturated rings. The standard InChI is InChI=1S/C26H31N3O3/c30-24-8-20-12-28(13-21(20)9-24)15-25(31)16-32-26-6-3-17-7-18(1-2-19(17)10-26)22-11-27-29(14-22)23-4-5-23/h1-3,6-7,10-11,14,20-21,23-25,30-31H,4-5,8-9,12-13,15-16H2/t20-,21+,24?,25?. The Morgan fingerprint density at radius 2 is 1.75 bits per heavy atom. The first-order valence-corrected chi connectivity index (χ1v) is 11.9. The van der Waals surface area contributed by atoms with Crippen molar-refractivity contribution in [1.82, 2.24) is 14.7 Å². The molecule has 0 spiro atoms. The van der Waals surface area contributed by atoms with Crippen LogP contribution in [0, 0.1) is 11.8 Å². The first-order chi connectivity index (χ1) is 15.6. The van der Waals surface area contributed by atoms with Crippen LogP contribution in [-0.4, -0.2) is 63.3 Å². The lowest BCUT2D eigenvalue weighted by molar-refractivity contribution is 0.0708. The molecule has 6 rings (SSSR count). The van der Waals surface area contributed by atoms with E-state index in [4.69, 9.17) is 4.74 Å². The lowest BCUT2D eigenvalue weighted by Crippen LogP contribution is -2.35. The average molecular weight is 434 g/mol. The van der Waals surface area contributed by atoms with E-state index in [1.54, 1.807) is 0 Å². The molecule has 1 aliphatic heterocycles. The highest BCUT2D eigenvalue weighted by Gasteiger charge is 2.40. The van der Waals surface area contributed by atoms with Gasteiger partial charge < -0.3 is 19.8 Å². The van der Waals surface area contributed by atoms with Gasteiger partial charge in [-0.2, -0.15) is 5.10 Å². The second kappa shape index (κ2) is 8.18. The number of nitrogens with zero attached hydrogens (tertiary/aromatic N) is 3. The molecule has 0 radical (unpaired) electrons. The molecule has 6 heteroatoms. The minimum absolute atomic E-state index is 0.121. The van der Waals surface area contributed by atoms with Gasteiger partial charge in [-0.1, -0.05) is 18.2 Å². The van der Waals surface area contributed by atoms with Gasteiger partial charge in [0.05, 0.1) is 18.3 Å². The van der Waals surface area contributed by atoms with Crippen LogP contribution in [0.5, 0.6) is 5.75 Å². The largest absolute Gasteiger partial charge is 0.491 e. The molecule has 3 aliphatic rings. The summed E-state index contributed by atoms with van der Waals surface area (Å²) in [7, 11) is 0. The number of rotatable bonds is 7. The van der Waals surface area contributed by atoms with E-state index >= 15 is 0 Å². The molecule has 0 bridgehead atoms. The van der Waals surface area contributed by atoms with Crippen molar-refractivity contribution < 1.29 is 14.9 Å². The van der Waals surface area contributed by atoms with Gasteiger partial charge >= 0.3 is 0 Å². The summed E-state index contributed by atoms with van der Waals surface area (Å²) in [6, 6.07) is 13.2. The summed E-state index contributed by atoms with van der Waals surface area (Å²) in [6.45, 7) is 2.89. The Morgan fingerprint density at radius 3 is 2.53 bits per heavy atom. The van der Waals surface area contributed by atoms with Crippen molar-refractivity contribution in [2.45, 2.75) is 43.9 Å². The summed E-state index contributed by atoms with van der Waals surface area (Å²) in [5.41, 5.74) is 2.33. The summed E-state index contributed by atoms with van der Waals surface area (Å²) in [5.74, 6) is 1.96. The van der Waals surface area contributed by atoms with Crippen LogP contribution < -0.4 is 4.74 Å². The van der Waals surface area contributed by atoms with Crippen molar-refractivity contribution in [1.29, 1.82) is 0 Å². The number of hydrogen-bond acceptors (Lipinski definition) is 5. The van der Waals surface area contributed by atoms with Gasteiger partial charge in [0.1, 0.15) is 18.5 Å². The number of aliphatic hydroxyl groups excluding tert-OH is 2. The zero-order valence-electron chi connectivity index (χ0n) is 18.3. The number of aliphatic hydroxyl groups is 2. The van der Waals surface area contributed by atoms with Crippen molar-refractivity contribution in [2.24, 2.45) is 11.8 Å². The molecular formula is C26H31N3O3.